The van der Waals surface area contributed by atoms with Gasteiger partial charge in [0.25, 0.3) is 0 Å². The van der Waals surface area contributed by atoms with Crippen molar-refractivity contribution in [3.05, 3.63) is 48.2 Å². The highest BCUT2D eigenvalue weighted by Crippen LogP contribution is 2.18. The Labute approximate surface area is 101 Å². The highest BCUT2D eigenvalue weighted by atomic mass is 16.1. The van der Waals surface area contributed by atoms with Crippen molar-refractivity contribution in [2.45, 2.75) is 12.8 Å². The van der Waals surface area contributed by atoms with Crippen LogP contribution in [0.15, 0.2) is 53.2 Å². The fourth-order valence-electron chi connectivity index (χ4n) is 1.91. The average Bonchev–Trinajstić information content (AvgIpc) is 2.64. The Kier molecular flexibility index (Phi) is 3.70. The summed E-state index contributed by atoms with van der Waals surface area (Å²) in [6.45, 7) is 0. The van der Waals surface area contributed by atoms with Gasteiger partial charge in [0.2, 0.25) is 5.91 Å². The summed E-state index contributed by atoms with van der Waals surface area (Å²) in [6, 6.07) is 0. The number of nitrogens with one attached hydrogen (secondary N) is 1. The van der Waals surface area contributed by atoms with Crippen molar-refractivity contribution in [1.29, 1.82) is 0 Å². The molecule has 2 aliphatic rings. The van der Waals surface area contributed by atoms with Crippen LogP contribution < -0.4 is 5.32 Å². The van der Waals surface area contributed by atoms with E-state index in [4.69, 9.17) is 0 Å². The third-order valence-electron chi connectivity index (χ3n) is 2.87. The number of carbonyl (C=O) groups is 1. The van der Waals surface area contributed by atoms with Gasteiger partial charge in [0.05, 0.1) is 0 Å². The number of allylic oxidation sites excluding steroid dienone is 6. The Morgan fingerprint density at radius 1 is 1.41 bits per heavy atom. The zero-order valence-corrected chi connectivity index (χ0v) is 9.89. The number of likely N-dealkylation sites (N-methyl/N-ethyl adjacent to an activating group) is 1. The van der Waals surface area contributed by atoms with E-state index in [0.717, 1.165) is 17.7 Å². The second-order valence-corrected chi connectivity index (χ2v) is 4.05. The van der Waals surface area contributed by atoms with Crippen molar-refractivity contribution in [2.75, 3.05) is 7.05 Å². The number of amides is 1. The fraction of sp³-hybridized carbons (Fsp3) is 0.286. The molecule has 3 nitrogen and oxygen atoms in total. The fourth-order valence-corrected chi connectivity index (χ4v) is 1.91. The van der Waals surface area contributed by atoms with E-state index >= 15 is 0 Å². The van der Waals surface area contributed by atoms with Gasteiger partial charge in [-0.05, 0) is 18.9 Å². The monoisotopic (exact) mass is 228 g/mol. The molecule has 0 saturated heterocycles. The van der Waals surface area contributed by atoms with Gasteiger partial charge in [-0.1, -0.05) is 30.4 Å². The average molecular weight is 228 g/mol. The van der Waals surface area contributed by atoms with Crippen LogP contribution in [0.1, 0.15) is 12.8 Å². The summed E-state index contributed by atoms with van der Waals surface area (Å²) >= 11 is 0. The highest BCUT2D eigenvalue weighted by molar-refractivity contribution is 6.06. The number of aliphatic imine (C=N–C) groups is 1. The topological polar surface area (TPSA) is 41.5 Å². The van der Waals surface area contributed by atoms with Crippen molar-refractivity contribution in [1.82, 2.24) is 5.32 Å². The summed E-state index contributed by atoms with van der Waals surface area (Å²) in [4.78, 5) is 16.1. The van der Waals surface area contributed by atoms with Crippen LogP contribution in [-0.2, 0) is 4.79 Å². The number of carbonyl (C=O) groups excluding carboxylic acids is 1. The van der Waals surface area contributed by atoms with E-state index in [-0.39, 0.29) is 11.8 Å². The lowest BCUT2D eigenvalue weighted by Crippen LogP contribution is -2.21. The molecule has 0 aromatic heterocycles. The van der Waals surface area contributed by atoms with Crippen molar-refractivity contribution in [2.24, 2.45) is 10.9 Å². The van der Waals surface area contributed by atoms with Crippen LogP contribution in [0.2, 0.25) is 0 Å². The molecule has 0 fully saturated rings. The van der Waals surface area contributed by atoms with Gasteiger partial charge in [-0.3, -0.25) is 9.79 Å². The van der Waals surface area contributed by atoms with E-state index in [0.29, 0.717) is 6.42 Å². The van der Waals surface area contributed by atoms with E-state index in [1.807, 2.05) is 24.3 Å². The van der Waals surface area contributed by atoms with E-state index < -0.39 is 0 Å². The molecule has 2 rings (SSSR count). The van der Waals surface area contributed by atoms with Crippen LogP contribution in [0.3, 0.4) is 0 Å². The van der Waals surface area contributed by atoms with Gasteiger partial charge >= 0.3 is 0 Å². The minimum absolute atomic E-state index is 0.0282. The molecule has 0 saturated carbocycles. The van der Waals surface area contributed by atoms with Gasteiger partial charge in [0.15, 0.2) is 0 Å². The molecule has 0 aromatic rings. The van der Waals surface area contributed by atoms with E-state index in [1.165, 1.54) is 0 Å². The molecule has 88 valence electrons. The predicted octanol–water partition coefficient (Wildman–Crippen LogP) is 2.15. The molecule has 1 amide bonds. The first-order valence-corrected chi connectivity index (χ1v) is 5.80. The molecule has 1 atom stereocenters. The quantitative estimate of drug-likeness (QED) is 0.773. The first kappa shape index (κ1) is 11.6. The van der Waals surface area contributed by atoms with Crippen LogP contribution in [0.5, 0.6) is 0 Å². The molecule has 17 heavy (non-hydrogen) atoms. The van der Waals surface area contributed by atoms with Crippen LogP contribution in [-0.4, -0.2) is 18.7 Å². The third kappa shape index (κ3) is 2.81. The molecule has 1 heterocycles. The lowest BCUT2D eigenvalue weighted by Gasteiger charge is -2.13. The first-order chi connectivity index (χ1) is 8.31. The van der Waals surface area contributed by atoms with Gasteiger partial charge in [-0.2, -0.15) is 0 Å². The van der Waals surface area contributed by atoms with Crippen LogP contribution in [0, 0.1) is 5.92 Å². The Morgan fingerprint density at radius 3 is 3.00 bits per heavy atom. The van der Waals surface area contributed by atoms with Crippen molar-refractivity contribution in [3.63, 3.8) is 0 Å². The largest absolute Gasteiger partial charge is 0.355 e. The van der Waals surface area contributed by atoms with E-state index in [2.05, 4.69) is 22.5 Å². The summed E-state index contributed by atoms with van der Waals surface area (Å²) in [5.41, 5.74) is 1.72. The normalized spacial score (nSPS) is 22.8. The Hall–Kier alpha value is -1.90. The Balaban J connectivity index is 2.23. The lowest BCUT2D eigenvalue weighted by atomic mass is 9.93. The molecular weight excluding hydrogens is 212 g/mol. The zero-order valence-electron chi connectivity index (χ0n) is 9.89. The first-order valence-electron chi connectivity index (χ1n) is 5.80. The minimum atomic E-state index is -0.0282. The Bertz CT molecular complexity index is 453. The molecule has 0 bridgehead atoms. The highest BCUT2D eigenvalue weighted by Gasteiger charge is 2.15. The second-order valence-electron chi connectivity index (χ2n) is 4.05. The van der Waals surface area contributed by atoms with Gasteiger partial charge in [-0.25, -0.2) is 0 Å². The van der Waals surface area contributed by atoms with Crippen molar-refractivity contribution < 1.29 is 4.79 Å². The van der Waals surface area contributed by atoms with Crippen LogP contribution in [0.25, 0.3) is 0 Å². The minimum Gasteiger partial charge on any atom is -0.355 e. The van der Waals surface area contributed by atoms with E-state index in [9.17, 15) is 4.79 Å². The SMILES string of the molecule is CNC(=O)C1=CC(C2C=CC=CC2)=NC=CC1. The summed E-state index contributed by atoms with van der Waals surface area (Å²) in [6.07, 6.45) is 15.5. The zero-order chi connectivity index (χ0) is 12.1. The van der Waals surface area contributed by atoms with Gasteiger partial charge in [0, 0.05) is 30.5 Å². The molecule has 1 aliphatic heterocycles. The smallest absolute Gasteiger partial charge is 0.247 e. The van der Waals surface area contributed by atoms with Crippen molar-refractivity contribution >= 4 is 11.6 Å². The molecule has 1 N–H and O–H groups in total. The molecule has 0 aromatic carbocycles. The van der Waals surface area contributed by atoms with Gasteiger partial charge in [-0.15, -0.1) is 0 Å². The molecular formula is C14H16N2O. The maximum atomic E-state index is 11.6. The van der Waals surface area contributed by atoms with Crippen LogP contribution >= 0.6 is 0 Å². The second kappa shape index (κ2) is 5.43. The van der Waals surface area contributed by atoms with E-state index in [1.54, 1.807) is 13.2 Å². The summed E-state index contributed by atoms with van der Waals surface area (Å²) < 4.78 is 0. The molecule has 1 aliphatic carbocycles. The summed E-state index contributed by atoms with van der Waals surface area (Å²) in [7, 11) is 1.65. The number of nitrogens with zero attached hydrogens (tertiary/aromatic N) is 1. The standard InChI is InChI=1S/C14H16N2O/c1-15-14(17)12-8-5-9-16-13(10-12)11-6-3-2-4-7-11/h2-6,9-11H,7-8H2,1H3,(H,15,17). The third-order valence-corrected chi connectivity index (χ3v) is 2.87. The van der Waals surface area contributed by atoms with Gasteiger partial charge in [0.1, 0.15) is 0 Å². The lowest BCUT2D eigenvalue weighted by molar-refractivity contribution is -0.117. The Morgan fingerprint density at radius 2 is 2.29 bits per heavy atom. The van der Waals surface area contributed by atoms with Gasteiger partial charge < -0.3 is 5.32 Å². The number of hydrogen-bond acceptors (Lipinski definition) is 2. The predicted molar refractivity (Wildman–Crippen MR) is 69.7 cm³/mol. The van der Waals surface area contributed by atoms with Crippen LogP contribution in [0.4, 0.5) is 0 Å². The number of hydrogen-bond donors (Lipinski definition) is 1. The van der Waals surface area contributed by atoms with Crippen molar-refractivity contribution in [3.8, 4) is 0 Å². The summed E-state index contributed by atoms with van der Waals surface area (Å²) in [5.74, 6) is 0.252. The molecule has 0 radical (unpaired) electrons. The maximum Gasteiger partial charge on any atom is 0.247 e. The molecule has 0 spiro atoms. The molecule has 1 unspecified atom stereocenters. The summed E-state index contributed by atoms with van der Waals surface area (Å²) in [5, 5.41) is 2.66. The molecule has 3 heteroatoms. The number of rotatable bonds is 2. The maximum absolute atomic E-state index is 11.6.